The molecule has 0 aliphatic carbocycles. The minimum absolute atomic E-state index is 0.0354. The van der Waals surface area contributed by atoms with Crippen molar-refractivity contribution in [3.8, 4) is 0 Å². The van der Waals surface area contributed by atoms with E-state index in [0.29, 0.717) is 6.54 Å². The number of rotatable bonds is 6. The fourth-order valence-corrected chi connectivity index (χ4v) is 3.57. The van der Waals surface area contributed by atoms with Crippen LogP contribution in [0.1, 0.15) is 38.3 Å². The predicted molar refractivity (Wildman–Crippen MR) is 101 cm³/mol. The molecule has 1 aliphatic rings. The number of benzene rings is 1. The van der Waals surface area contributed by atoms with Crippen LogP contribution in [0.5, 0.6) is 0 Å². The monoisotopic (exact) mass is 347 g/mol. The first kappa shape index (κ1) is 19.7. The Morgan fingerprint density at radius 3 is 2.36 bits per heavy atom. The van der Waals surface area contributed by atoms with Crippen molar-refractivity contribution in [1.29, 1.82) is 0 Å². The zero-order valence-electron chi connectivity index (χ0n) is 16.0. The third-order valence-electron chi connectivity index (χ3n) is 5.06. The lowest BCUT2D eigenvalue weighted by Gasteiger charge is -2.35. The second kappa shape index (κ2) is 9.20. The molecule has 1 fully saturated rings. The van der Waals surface area contributed by atoms with Gasteiger partial charge in [-0.05, 0) is 36.3 Å². The van der Waals surface area contributed by atoms with Gasteiger partial charge in [0.2, 0.25) is 0 Å². The van der Waals surface area contributed by atoms with Crippen LogP contribution in [0.25, 0.3) is 0 Å². The van der Waals surface area contributed by atoms with E-state index in [0.717, 1.165) is 23.9 Å². The van der Waals surface area contributed by atoms with Crippen molar-refractivity contribution in [3.63, 3.8) is 0 Å². The van der Waals surface area contributed by atoms with Crippen LogP contribution in [0.15, 0.2) is 24.3 Å². The Labute approximate surface area is 152 Å². The van der Waals surface area contributed by atoms with Crippen LogP contribution >= 0.6 is 0 Å². The molecule has 1 aromatic carbocycles. The normalized spacial score (nSPS) is 22.4. The summed E-state index contributed by atoms with van der Waals surface area (Å²) < 4.78 is 0. The summed E-state index contributed by atoms with van der Waals surface area (Å²) in [6, 6.07) is 8.14. The van der Waals surface area contributed by atoms with Crippen molar-refractivity contribution >= 4 is 6.03 Å². The van der Waals surface area contributed by atoms with Gasteiger partial charge in [-0.3, -0.25) is 4.90 Å². The molecule has 1 aliphatic heterocycles. The van der Waals surface area contributed by atoms with Crippen LogP contribution in [0.4, 0.5) is 4.79 Å². The Morgan fingerprint density at radius 1 is 1.24 bits per heavy atom. The molecule has 0 bridgehead atoms. The number of nitrogens with one attached hydrogen (secondary N) is 1. The third-order valence-corrected chi connectivity index (χ3v) is 5.06. The van der Waals surface area contributed by atoms with Gasteiger partial charge in [0.05, 0.1) is 12.6 Å². The molecular formula is C20H33N3O2. The lowest BCUT2D eigenvalue weighted by atomic mass is 9.91. The molecule has 1 heterocycles. The Kier molecular flexibility index (Phi) is 7.26. The van der Waals surface area contributed by atoms with E-state index in [9.17, 15) is 4.79 Å². The van der Waals surface area contributed by atoms with Gasteiger partial charge in [-0.25, -0.2) is 4.79 Å². The molecule has 3 atom stereocenters. The van der Waals surface area contributed by atoms with E-state index in [-0.39, 0.29) is 18.7 Å². The van der Waals surface area contributed by atoms with Gasteiger partial charge in [-0.1, -0.05) is 38.1 Å². The maximum absolute atomic E-state index is 12.0. The van der Waals surface area contributed by atoms with Gasteiger partial charge in [-0.15, -0.1) is 0 Å². The summed E-state index contributed by atoms with van der Waals surface area (Å²) >= 11 is 0. The number of carbonyl (C=O) groups excluding carboxylic acids is 1. The minimum Gasteiger partial charge on any atom is -0.394 e. The van der Waals surface area contributed by atoms with Crippen LogP contribution in [0.3, 0.4) is 0 Å². The van der Waals surface area contributed by atoms with Gasteiger partial charge in [0.15, 0.2) is 0 Å². The van der Waals surface area contributed by atoms with E-state index in [1.165, 1.54) is 30.0 Å². The summed E-state index contributed by atoms with van der Waals surface area (Å²) in [4.78, 5) is 16.1. The molecule has 25 heavy (non-hydrogen) atoms. The second-order valence-corrected chi connectivity index (χ2v) is 7.76. The number of nitrogens with zero attached hydrogens (tertiary/aromatic N) is 2. The lowest BCUT2D eigenvalue weighted by Crippen LogP contribution is -2.43. The Morgan fingerprint density at radius 2 is 1.80 bits per heavy atom. The first-order valence-corrected chi connectivity index (χ1v) is 9.30. The average Bonchev–Trinajstić information content (AvgIpc) is 2.58. The highest BCUT2D eigenvalue weighted by molar-refractivity contribution is 5.74. The fourth-order valence-electron chi connectivity index (χ4n) is 3.57. The summed E-state index contributed by atoms with van der Waals surface area (Å²) in [7, 11) is 1.69. The molecule has 2 amide bonds. The molecule has 1 aromatic rings. The summed E-state index contributed by atoms with van der Waals surface area (Å²) in [5.74, 6) is 1.55. The number of hydrogen-bond donors (Lipinski definition) is 2. The maximum atomic E-state index is 12.0. The van der Waals surface area contributed by atoms with Crippen molar-refractivity contribution in [1.82, 2.24) is 15.1 Å². The lowest BCUT2D eigenvalue weighted by molar-refractivity contribution is 0.134. The number of carbonyl (C=O) groups is 1. The molecule has 2 rings (SSSR count). The average molecular weight is 348 g/mol. The second-order valence-electron chi connectivity index (χ2n) is 7.76. The fraction of sp³-hybridized carbons (Fsp3) is 0.650. The summed E-state index contributed by atoms with van der Waals surface area (Å²) in [6.45, 7) is 10.3. The van der Waals surface area contributed by atoms with Crippen molar-refractivity contribution in [2.24, 2.45) is 11.8 Å². The molecule has 0 radical (unpaired) electrons. The zero-order chi connectivity index (χ0) is 18.4. The van der Waals surface area contributed by atoms with Crippen molar-refractivity contribution in [2.75, 3.05) is 26.7 Å². The van der Waals surface area contributed by atoms with E-state index in [1.54, 1.807) is 7.05 Å². The zero-order valence-corrected chi connectivity index (χ0v) is 16.0. The Hall–Kier alpha value is -1.59. The highest BCUT2D eigenvalue weighted by Gasteiger charge is 2.21. The van der Waals surface area contributed by atoms with Crippen LogP contribution in [0, 0.1) is 11.8 Å². The van der Waals surface area contributed by atoms with Gasteiger partial charge in [0.25, 0.3) is 0 Å². The number of aliphatic hydroxyl groups excluding tert-OH is 1. The topological polar surface area (TPSA) is 55.8 Å². The number of hydrogen-bond acceptors (Lipinski definition) is 3. The Bertz CT molecular complexity index is 536. The van der Waals surface area contributed by atoms with Crippen LogP contribution in [-0.2, 0) is 13.1 Å². The first-order valence-electron chi connectivity index (χ1n) is 9.30. The minimum atomic E-state index is -0.184. The molecule has 3 unspecified atom stereocenters. The number of amides is 2. The number of likely N-dealkylation sites (tertiary alicyclic amines) is 1. The highest BCUT2D eigenvalue weighted by Crippen LogP contribution is 2.22. The molecule has 140 valence electrons. The number of likely N-dealkylation sites (N-methyl/N-ethyl adjacent to an activating group) is 1. The van der Waals surface area contributed by atoms with Gasteiger partial charge >= 0.3 is 6.03 Å². The van der Waals surface area contributed by atoms with E-state index >= 15 is 0 Å². The van der Waals surface area contributed by atoms with Gasteiger partial charge in [0, 0.05) is 33.2 Å². The SMILES string of the molecule is CC1CC(C)CN(Cc2ccc(CNC(=O)N(C)C(C)CO)cc2)C1. The number of piperidine rings is 1. The van der Waals surface area contributed by atoms with Crippen molar-refractivity contribution in [2.45, 2.75) is 46.3 Å². The highest BCUT2D eigenvalue weighted by atomic mass is 16.3. The molecule has 0 saturated carbocycles. The van der Waals surface area contributed by atoms with Gasteiger partial charge in [-0.2, -0.15) is 0 Å². The summed E-state index contributed by atoms with van der Waals surface area (Å²) in [5, 5.41) is 12.0. The number of aliphatic hydroxyl groups is 1. The number of urea groups is 1. The van der Waals surface area contributed by atoms with Crippen LogP contribution < -0.4 is 5.32 Å². The van der Waals surface area contributed by atoms with E-state index < -0.39 is 0 Å². The molecule has 5 heteroatoms. The van der Waals surface area contributed by atoms with Crippen molar-refractivity contribution < 1.29 is 9.90 Å². The molecule has 2 N–H and O–H groups in total. The first-order chi connectivity index (χ1) is 11.9. The van der Waals surface area contributed by atoms with Gasteiger partial charge in [0.1, 0.15) is 0 Å². The Balaban J connectivity index is 1.82. The summed E-state index contributed by atoms with van der Waals surface area (Å²) in [5.41, 5.74) is 2.41. The predicted octanol–water partition coefficient (Wildman–Crippen LogP) is 2.69. The van der Waals surface area contributed by atoms with E-state index in [1.807, 2.05) is 6.92 Å². The van der Waals surface area contributed by atoms with E-state index in [2.05, 4.69) is 48.3 Å². The van der Waals surface area contributed by atoms with Crippen LogP contribution in [-0.4, -0.2) is 53.7 Å². The maximum Gasteiger partial charge on any atom is 0.317 e. The smallest absolute Gasteiger partial charge is 0.317 e. The molecule has 0 spiro atoms. The van der Waals surface area contributed by atoms with Crippen molar-refractivity contribution in [3.05, 3.63) is 35.4 Å². The largest absolute Gasteiger partial charge is 0.394 e. The molecule has 5 nitrogen and oxygen atoms in total. The van der Waals surface area contributed by atoms with Gasteiger partial charge < -0.3 is 15.3 Å². The summed E-state index contributed by atoms with van der Waals surface area (Å²) in [6.07, 6.45) is 1.33. The molecule has 1 saturated heterocycles. The standard InChI is InChI=1S/C20H33N3O2/c1-15-9-16(2)12-23(11-15)13-19-7-5-18(6-8-19)10-21-20(25)22(4)17(3)14-24/h5-8,15-17,24H,9-14H2,1-4H3,(H,21,25). The third kappa shape index (κ3) is 6.01. The van der Waals surface area contributed by atoms with E-state index in [4.69, 9.17) is 5.11 Å². The van der Waals surface area contributed by atoms with Crippen LogP contribution in [0.2, 0.25) is 0 Å². The molecule has 0 aromatic heterocycles. The quantitative estimate of drug-likeness (QED) is 0.832. The molecular weight excluding hydrogens is 314 g/mol.